The fourth-order valence-corrected chi connectivity index (χ4v) is 4.24. The van der Waals surface area contributed by atoms with Crippen molar-refractivity contribution in [2.45, 2.75) is 18.9 Å². The van der Waals surface area contributed by atoms with Crippen molar-refractivity contribution in [2.24, 2.45) is 0 Å². The van der Waals surface area contributed by atoms with E-state index in [0.717, 1.165) is 27.8 Å². The Hall–Kier alpha value is -3.86. The Balaban J connectivity index is 1.60. The van der Waals surface area contributed by atoms with Crippen molar-refractivity contribution in [3.8, 4) is 5.69 Å². The highest BCUT2D eigenvalue weighted by molar-refractivity contribution is 6.06. The second-order valence-corrected chi connectivity index (χ2v) is 7.58. The summed E-state index contributed by atoms with van der Waals surface area (Å²) >= 11 is 0. The number of hydrogen-bond acceptors (Lipinski definition) is 3. The minimum Gasteiger partial charge on any atom is -0.397 e. The molecule has 30 heavy (non-hydrogen) atoms. The molecule has 1 aliphatic rings. The van der Waals surface area contributed by atoms with E-state index >= 15 is 0 Å². The monoisotopic (exact) mass is 395 g/mol. The second-order valence-electron chi connectivity index (χ2n) is 7.58. The number of imide groups is 1. The van der Waals surface area contributed by atoms with Crippen LogP contribution in [0.2, 0.25) is 0 Å². The zero-order valence-corrected chi connectivity index (χ0v) is 16.4. The summed E-state index contributed by atoms with van der Waals surface area (Å²) in [7, 11) is 0. The Labute approximate surface area is 174 Å². The van der Waals surface area contributed by atoms with Crippen LogP contribution < -0.4 is 5.73 Å². The molecule has 1 atom stereocenters. The third-order valence-electron chi connectivity index (χ3n) is 5.70. The zero-order valence-electron chi connectivity index (χ0n) is 16.4. The van der Waals surface area contributed by atoms with Crippen LogP contribution in [-0.4, -0.2) is 21.3 Å². The molecule has 0 saturated carbocycles. The molecule has 0 aliphatic carbocycles. The number of fused-ring (bicyclic) bond motifs is 1. The number of anilines is 1. The average molecular weight is 395 g/mol. The van der Waals surface area contributed by atoms with E-state index in [0.29, 0.717) is 12.2 Å². The molecule has 0 spiro atoms. The van der Waals surface area contributed by atoms with Gasteiger partial charge in [0.1, 0.15) is 0 Å². The van der Waals surface area contributed by atoms with Crippen LogP contribution in [-0.2, 0) is 16.1 Å². The van der Waals surface area contributed by atoms with Crippen LogP contribution in [0.15, 0.2) is 84.9 Å². The standard InChI is InChI=1S/C25H21N3O2/c26-20-11-5-7-13-22(20)28-21-12-6-4-10-18(21)14-23(28)19-15-24(29)27(25(19)30)16-17-8-2-1-3-9-17/h1-14,19H,15-16,26H2. The number of likely N-dealkylation sites (tertiary alicyclic amines) is 1. The Bertz CT molecular complexity index is 1260. The van der Waals surface area contributed by atoms with Gasteiger partial charge in [0.2, 0.25) is 11.8 Å². The van der Waals surface area contributed by atoms with E-state index in [4.69, 9.17) is 5.73 Å². The van der Waals surface area contributed by atoms with Gasteiger partial charge in [-0.15, -0.1) is 0 Å². The number of benzene rings is 3. The molecule has 3 aromatic carbocycles. The smallest absolute Gasteiger partial charge is 0.239 e. The van der Waals surface area contributed by atoms with Gasteiger partial charge >= 0.3 is 0 Å². The number of carbonyl (C=O) groups is 2. The molecule has 2 heterocycles. The number of hydrogen-bond donors (Lipinski definition) is 1. The third-order valence-corrected chi connectivity index (χ3v) is 5.70. The number of nitrogen functional groups attached to an aromatic ring is 1. The number of nitrogens with two attached hydrogens (primary N) is 1. The van der Waals surface area contributed by atoms with E-state index in [9.17, 15) is 9.59 Å². The topological polar surface area (TPSA) is 68.3 Å². The quantitative estimate of drug-likeness (QED) is 0.415. The van der Waals surface area contributed by atoms with Crippen LogP contribution >= 0.6 is 0 Å². The Morgan fingerprint density at radius 3 is 2.37 bits per heavy atom. The fraction of sp³-hybridized carbons (Fsp3) is 0.120. The van der Waals surface area contributed by atoms with Crippen LogP contribution in [0.5, 0.6) is 0 Å². The van der Waals surface area contributed by atoms with Gasteiger partial charge in [-0.25, -0.2) is 0 Å². The molecule has 4 aromatic rings. The van der Waals surface area contributed by atoms with E-state index in [-0.39, 0.29) is 18.2 Å². The number of aromatic nitrogens is 1. The van der Waals surface area contributed by atoms with Gasteiger partial charge in [0.15, 0.2) is 0 Å². The molecular formula is C25H21N3O2. The van der Waals surface area contributed by atoms with Gasteiger partial charge in [-0.3, -0.25) is 14.5 Å². The third kappa shape index (κ3) is 2.95. The van der Waals surface area contributed by atoms with Crippen molar-refractivity contribution in [1.82, 2.24) is 9.47 Å². The van der Waals surface area contributed by atoms with Gasteiger partial charge in [-0.05, 0) is 29.8 Å². The number of nitrogens with zero attached hydrogens (tertiary/aromatic N) is 2. The largest absolute Gasteiger partial charge is 0.397 e. The lowest BCUT2D eigenvalue weighted by Gasteiger charge is -2.18. The fourth-order valence-electron chi connectivity index (χ4n) is 4.24. The van der Waals surface area contributed by atoms with Crippen molar-refractivity contribution < 1.29 is 9.59 Å². The lowest BCUT2D eigenvalue weighted by atomic mass is 10.0. The lowest BCUT2D eigenvalue weighted by Crippen LogP contribution is -2.30. The summed E-state index contributed by atoms with van der Waals surface area (Å²) in [4.78, 5) is 27.5. The molecule has 1 aliphatic heterocycles. The predicted molar refractivity (Wildman–Crippen MR) is 117 cm³/mol. The molecule has 0 radical (unpaired) electrons. The molecular weight excluding hydrogens is 374 g/mol. The summed E-state index contributed by atoms with van der Waals surface area (Å²) in [6.45, 7) is 0.294. The molecule has 148 valence electrons. The van der Waals surface area contributed by atoms with Gasteiger partial charge < -0.3 is 10.3 Å². The maximum atomic E-state index is 13.3. The van der Waals surface area contributed by atoms with Crippen molar-refractivity contribution in [3.05, 3.63) is 96.2 Å². The molecule has 1 aromatic heterocycles. The number of rotatable bonds is 4. The van der Waals surface area contributed by atoms with Crippen molar-refractivity contribution in [1.29, 1.82) is 0 Å². The van der Waals surface area contributed by atoms with Crippen LogP contribution in [0.1, 0.15) is 23.6 Å². The van der Waals surface area contributed by atoms with Crippen molar-refractivity contribution >= 4 is 28.4 Å². The van der Waals surface area contributed by atoms with Gasteiger partial charge in [-0.2, -0.15) is 0 Å². The summed E-state index contributed by atoms with van der Waals surface area (Å²) in [6, 6.07) is 27.1. The summed E-state index contributed by atoms with van der Waals surface area (Å²) < 4.78 is 2.02. The maximum absolute atomic E-state index is 13.3. The number of amides is 2. The van der Waals surface area contributed by atoms with E-state index in [2.05, 4.69) is 0 Å². The SMILES string of the molecule is Nc1ccccc1-n1c(C2CC(=O)N(Cc3ccccc3)C2=O)cc2ccccc21. The number of para-hydroxylation sites is 3. The van der Waals surface area contributed by atoms with Crippen molar-refractivity contribution in [3.63, 3.8) is 0 Å². The van der Waals surface area contributed by atoms with E-state index in [1.165, 1.54) is 4.90 Å². The second kappa shape index (κ2) is 7.19. The summed E-state index contributed by atoms with van der Waals surface area (Å²) in [5, 5.41) is 1.01. The zero-order chi connectivity index (χ0) is 20.7. The minimum atomic E-state index is -0.534. The molecule has 1 saturated heterocycles. The molecule has 1 fully saturated rings. The normalized spacial score (nSPS) is 16.5. The first kappa shape index (κ1) is 18.2. The maximum Gasteiger partial charge on any atom is 0.239 e. The minimum absolute atomic E-state index is 0.147. The summed E-state index contributed by atoms with van der Waals surface area (Å²) in [5.41, 5.74) is 10.4. The molecule has 0 bridgehead atoms. The molecule has 5 nitrogen and oxygen atoms in total. The van der Waals surface area contributed by atoms with Crippen molar-refractivity contribution in [2.75, 3.05) is 5.73 Å². The van der Waals surface area contributed by atoms with E-state index in [1.54, 1.807) is 0 Å². The summed E-state index contributed by atoms with van der Waals surface area (Å²) in [5.74, 6) is -0.845. The lowest BCUT2D eigenvalue weighted by molar-refractivity contribution is -0.139. The summed E-state index contributed by atoms with van der Waals surface area (Å²) in [6.07, 6.45) is 0.161. The first-order valence-corrected chi connectivity index (χ1v) is 9.97. The average Bonchev–Trinajstić information content (AvgIpc) is 3.27. The van der Waals surface area contributed by atoms with Gasteiger partial charge in [0.05, 0.1) is 29.4 Å². The highest BCUT2D eigenvalue weighted by Gasteiger charge is 2.41. The van der Waals surface area contributed by atoms with Crippen LogP contribution in [0.4, 0.5) is 5.69 Å². The molecule has 2 N–H and O–H groups in total. The van der Waals surface area contributed by atoms with E-state index in [1.807, 2.05) is 89.5 Å². The molecule has 2 amide bonds. The predicted octanol–water partition coefficient (Wildman–Crippen LogP) is 4.26. The Morgan fingerprint density at radius 1 is 0.867 bits per heavy atom. The van der Waals surface area contributed by atoms with Crippen LogP contribution in [0, 0.1) is 0 Å². The first-order chi connectivity index (χ1) is 14.6. The highest BCUT2D eigenvalue weighted by Crippen LogP contribution is 2.37. The van der Waals surface area contributed by atoms with Gasteiger partial charge in [0.25, 0.3) is 0 Å². The Morgan fingerprint density at radius 2 is 1.57 bits per heavy atom. The molecule has 1 unspecified atom stereocenters. The van der Waals surface area contributed by atoms with Crippen LogP contribution in [0.25, 0.3) is 16.6 Å². The molecule has 5 rings (SSSR count). The van der Waals surface area contributed by atoms with E-state index < -0.39 is 5.92 Å². The first-order valence-electron chi connectivity index (χ1n) is 9.97. The van der Waals surface area contributed by atoms with Gasteiger partial charge in [0, 0.05) is 17.5 Å². The molecule has 5 heteroatoms. The van der Waals surface area contributed by atoms with Gasteiger partial charge in [-0.1, -0.05) is 60.7 Å². The van der Waals surface area contributed by atoms with Crippen LogP contribution in [0.3, 0.4) is 0 Å². The number of carbonyl (C=O) groups excluding carboxylic acids is 2. The highest BCUT2D eigenvalue weighted by atomic mass is 16.2. The Kier molecular flexibility index (Phi) is 4.36.